The van der Waals surface area contributed by atoms with Gasteiger partial charge in [-0.05, 0) is 49.1 Å². The first-order valence-electron chi connectivity index (χ1n) is 9.48. The normalized spacial score (nSPS) is 16.0. The maximum absolute atomic E-state index is 12.9. The van der Waals surface area contributed by atoms with Crippen molar-refractivity contribution in [3.8, 4) is 0 Å². The molecule has 3 rings (SSSR count). The predicted octanol–water partition coefficient (Wildman–Crippen LogP) is 4.36. The molecule has 0 aliphatic carbocycles. The highest BCUT2D eigenvalue weighted by atomic mass is 79.9. The van der Waals surface area contributed by atoms with Crippen LogP contribution in [0, 0.1) is 0 Å². The van der Waals surface area contributed by atoms with Crippen LogP contribution in [0.5, 0.6) is 0 Å². The van der Waals surface area contributed by atoms with E-state index in [4.69, 9.17) is 0 Å². The molecule has 2 aromatic carbocycles. The van der Waals surface area contributed by atoms with Crippen molar-refractivity contribution < 1.29 is 9.59 Å². The number of amides is 2. The van der Waals surface area contributed by atoms with E-state index in [0.29, 0.717) is 18.7 Å². The van der Waals surface area contributed by atoms with Gasteiger partial charge < -0.3 is 10.2 Å². The first kappa shape index (κ1) is 19.6. The van der Waals surface area contributed by atoms with E-state index in [9.17, 15) is 9.59 Å². The van der Waals surface area contributed by atoms with Crippen LogP contribution in [0.2, 0.25) is 0 Å². The number of halogens is 1. The van der Waals surface area contributed by atoms with Gasteiger partial charge in [-0.3, -0.25) is 9.59 Å². The molecule has 1 aliphatic heterocycles. The molecule has 1 unspecified atom stereocenters. The number of rotatable bonds is 5. The lowest BCUT2D eigenvalue weighted by atomic mass is 9.93. The highest BCUT2D eigenvalue weighted by Gasteiger charge is 2.28. The van der Waals surface area contributed by atoms with Gasteiger partial charge in [-0.1, -0.05) is 53.2 Å². The van der Waals surface area contributed by atoms with Crippen LogP contribution in [0.25, 0.3) is 0 Å². The van der Waals surface area contributed by atoms with Gasteiger partial charge in [0.05, 0.1) is 5.92 Å². The van der Waals surface area contributed by atoms with Gasteiger partial charge in [0, 0.05) is 29.2 Å². The Bertz CT molecular complexity index is 769. The molecule has 27 heavy (non-hydrogen) atoms. The summed E-state index contributed by atoms with van der Waals surface area (Å²) in [5, 5.41) is 3.10. The fourth-order valence-corrected chi connectivity index (χ4v) is 3.84. The second-order valence-corrected chi connectivity index (χ2v) is 7.87. The fraction of sp³-hybridized carbons (Fsp3) is 0.364. The minimum Gasteiger partial charge on any atom is -0.349 e. The number of benzene rings is 2. The molecule has 0 bridgehead atoms. The molecule has 2 aromatic rings. The average molecular weight is 429 g/mol. The topological polar surface area (TPSA) is 49.4 Å². The second kappa shape index (κ2) is 9.18. The van der Waals surface area contributed by atoms with E-state index in [1.165, 1.54) is 0 Å². The van der Waals surface area contributed by atoms with Gasteiger partial charge in [-0.25, -0.2) is 0 Å². The molecule has 1 heterocycles. The SMILES string of the molecule is CCC(C(=O)N1CCC(NC(=O)c2ccc(Br)cc2)CC1)c1ccccc1. The maximum atomic E-state index is 12.9. The van der Waals surface area contributed by atoms with Crippen molar-refractivity contribution in [3.05, 3.63) is 70.2 Å². The number of carbonyl (C=O) groups is 2. The number of nitrogens with one attached hydrogen (secondary N) is 1. The minimum absolute atomic E-state index is 0.0528. The zero-order valence-electron chi connectivity index (χ0n) is 15.5. The summed E-state index contributed by atoms with van der Waals surface area (Å²) < 4.78 is 0.953. The number of hydrogen-bond donors (Lipinski definition) is 1. The lowest BCUT2D eigenvalue weighted by Gasteiger charge is -2.34. The van der Waals surface area contributed by atoms with Crippen molar-refractivity contribution in [2.45, 2.75) is 38.1 Å². The van der Waals surface area contributed by atoms with Crippen molar-refractivity contribution in [1.82, 2.24) is 10.2 Å². The van der Waals surface area contributed by atoms with Gasteiger partial charge in [0.25, 0.3) is 5.91 Å². The van der Waals surface area contributed by atoms with Crippen molar-refractivity contribution in [2.75, 3.05) is 13.1 Å². The minimum atomic E-state index is -0.0832. The zero-order chi connectivity index (χ0) is 19.2. The average Bonchev–Trinajstić information content (AvgIpc) is 2.70. The van der Waals surface area contributed by atoms with Crippen LogP contribution in [-0.4, -0.2) is 35.8 Å². The second-order valence-electron chi connectivity index (χ2n) is 6.95. The van der Waals surface area contributed by atoms with Gasteiger partial charge in [-0.15, -0.1) is 0 Å². The van der Waals surface area contributed by atoms with E-state index in [-0.39, 0.29) is 23.8 Å². The first-order chi connectivity index (χ1) is 13.1. The summed E-state index contributed by atoms with van der Waals surface area (Å²) in [4.78, 5) is 27.3. The summed E-state index contributed by atoms with van der Waals surface area (Å²) in [6.45, 7) is 3.43. The van der Waals surface area contributed by atoms with E-state index in [0.717, 1.165) is 29.3 Å². The standard InChI is InChI=1S/C22H25BrN2O2/c1-2-20(16-6-4-3-5-7-16)22(27)25-14-12-19(13-15-25)24-21(26)17-8-10-18(23)11-9-17/h3-11,19-20H,2,12-15H2,1H3,(H,24,26). The fourth-order valence-electron chi connectivity index (χ4n) is 3.57. The number of hydrogen-bond acceptors (Lipinski definition) is 2. The van der Waals surface area contributed by atoms with E-state index < -0.39 is 0 Å². The number of piperidine rings is 1. The highest BCUT2D eigenvalue weighted by molar-refractivity contribution is 9.10. The van der Waals surface area contributed by atoms with Crippen LogP contribution in [0.1, 0.15) is 48.0 Å². The molecular weight excluding hydrogens is 404 g/mol. The lowest BCUT2D eigenvalue weighted by Crippen LogP contribution is -2.47. The summed E-state index contributed by atoms with van der Waals surface area (Å²) in [7, 11) is 0. The van der Waals surface area contributed by atoms with E-state index >= 15 is 0 Å². The van der Waals surface area contributed by atoms with E-state index in [2.05, 4.69) is 28.2 Å². The number of likely N-dealkylation sites (tertiary alicyclic amines) is 1. The molecule has 0 radical (unpaired) electrons. The van der Waals surface area contributed by atoms with Crippen molar-refractivity contribution in [2.24, 2.45) is 0 Å². The zero-order valence-corrected chi connectivity index (χ0v) is 17.1. The van der Waals surface area contributed by atoms with Crippen LogP contribution in [-0.2, 0) is 4.79 Å². The van der Waals surface area contributed by atoms with E-state index in [1.54, 1.807) is 0 Å². The Kier molecular flexibility index (Phi) is 6.67. The maximum Gasteiger partial charge on any atom is 0.251 e. The monoisotopic (exact) mass is 428 g/mol. The Morgan fingerprint density at radius 2 is 1.70 bits per heavy atom. The van der Waals surface area contributed by atoms with Crippen LogP contribution in [0.4, 0.5) is 0 Å². The molecule has 1 atom stereocenters. The third-order valence-corrected chi connectivity index (χ3v) is 5.69. The number of nitrogens with zero attached hydrogens (tertiary/aromatic N) is 1. The molecule has 1 N–H and O–H groups in total. The quantitative estimate of drug-likeness (QED) is 0.768. The Morgan fingerprint density at radius 1 is 1.07 bits per heavy atom. The molecule has 0 spiro atoms. The third-order valence-electron chi connectivity index (χ3n) is 5.16. The van der Waals surface area contributed by atoms with Crippen molar-refractivity contribution in [1.29, 1.82) is 0 Å². The summed E-state index contributed by atoms with van der Waals surface area (Å²) >= 11 is 3.38. The molecule has 1 fully saturated rings. The molecule has 4 nitrogen and oxygen atoms in total. The summed E-state index contributed by atoms with van der Waals surface area (Å²) in [6.07, 6.45) is 2.38. The van der Waals surface area contributed by atoms with Gasteiger partial charge in [0.1, 0.15) is 0 Å². The molecule has 0 saturated carbocycles. The van der Waals surface area contributed by atoms with Gasteiger partial charge in [0.2, 0.25) is 5.91 Å². The summed E-state index contributed by atoms with van der Waals surface area (Å²) in [5.74, 6) is 0.0597. The molecule has 5 heteroatoms. The molecule has 1 aliphatic rings. The molecule has 2 amide bonds. The van der Waals surface area contributed by atoms with Gasteiger partial charge in [-0.2, -0.15) is 0 Å². The molecule has 1 saturated heterocycles. The number of carbonyl (C=O) groups excluding carboxylic acids is 2. The summed E-state index contributed by atoms with van der Waals surface area (Å²) in [5.41, 5.74) is 1.74. The summed E-state index contributed by atoms with van der Waals surface area (Å²) in [6, 6.07) is 17.4. The van der Waals surface area contributed by atoms with Gasteiger partial charge >= 0.3 is 0 Å². The third kappa shape index (κ3) is 4.98. The van der Waals surface area contributed by atoms with Crippen molar-refractivity contribution >= 4 is 27.7 Å². The Balaban J connectivity index is 1.54. The van der Waals surface area contributed by atoms with Crippen LogP contribution >= 0.6 is 15.9 Å². The van der Waals surface area contributed by atoms with Crippen LogP contribution < -0.4 is 5.32 Å². The molecule has 0 aromatic heterocycles. The molecular formula is C22H25BrN2O2. The van der Waals surface area contributed by atoms with Crippen LogP contribution in [0.15, 0.2) is 59.1 Å². The highest BCUT2D eigenvalue weighted by Crippen LogP contribution is 2.24. The smallest absolute Gasteiger partial charge is 0.251 e. The van der Waals surface area contributed by atoms with E-state index in [1.807, 2.05) is 59.5 Å². The Labute approximate surface area is 169 Å². The predicted molar refractivity (Wildman–Crippen MR) is 111 cm³/mol. The van der Waals surface area contributed by atoms with Crippen LogP contribution in [0.3, 0.4) is 0 Å². The lowest BCUT2D eigenvalue weighted by molar-refractivity contribution is -0.134. The van der Waals surface area contributed by atoms with Crippen molar-refractivity contribution in [3.63, 3.8) is 0 Å². The van der Waals surface area contributed by atoms with Gasteiger partial charge in [0.15, 0.2) is 0 Å². The Morgan fingerprint density at radius 3 is 2.30 bits per heavy atom. The molecule has 142 valence electrons. The Hall–Kier alpha value is -2.14. The largest absolute Gasteiger partial charge is 0.349 e. The first-order valence-corrected chi connectivity index (χ1v) is 10.3.